The molecule has 0 amide bonds. The molecule has 0 aliphatic rings. The lowest BCUT2D eigenvalue weighted by molar-refractivity contribution is 0.414. The van der Waals surface area contributed by atoms with Gasteiger partial charge in [-0.3, -0.25) is 5.32 Å². The lowest BCUT2D eigenvalue weighted by atomic mass is 10.2. The van der Waals surface area contributed by atoms with Gasteiger partial charge in [-0.05, 0) is 24.6 Å². The van der Waals surface area contributed by atoms with E-state index < -0.39 is 0 Å². The molecule has 0 saturated carbocycles. The van der Waals surface area contributed by atoms with Gasteiger partial charge in [0, 0.05) is 6.54 Å². The second-order valence-corrected chi connectivity index (χ2v) is 3.08. The summed E-state index contributed by atoms with van der Waals surface area (Å²) >= 11 is 0. The van der Waals surface area contributed by atoms with E-state index in [1.165, 1.54) is 0 Å². The first-order valence-corrected chi connectivity index (χ1v) is 4.52. The summed E-state index contributed by atoms with van der Waals surface area (Å²) in [4.78, 5) is 0. The Morgan fingerprint density at radius 1 is 1.43 bits per heavy atom. The molecule has 0 saturated heterocycles. The van der Waals surface area contributed by atoms with E-state index in [1.807, 2.05) is 31.2 Å². The smallest absolute Gasteiger partial charge is 0.118 e. The largest absolute Gasteiger partial charge is 0.497 e. The highest BCUT2D eigenvalue weighted by molar-refractivity contribution is 5.27. The summed E-state index contributed by atoms with van der Waals surface area (Å²) in [6.07, 6.45) is 0. The van der Waals surface area contributed by atoms with E-state index in [-0.39, 0.29) is 6.04 Å². The molecule has 1 rings (SSSR count). The van der Waals surface area contributed by atoms with Crippen molar-refractivity contribution in [3.63, 3.8) is 0 Å². The zero-order chi connectivity index (χ0) is 10.4. The number of benzene rings is 1. The maximum absolute atomic E-state index is 8.56. The summed E-state index contributed by atoms with van der Waals surface area (Å²) in [6.45, 7) is 2.54. The Kier molecular flexibility index (Phi) is 3.96. The van der Waals surface area contributed by atoms with Gasteiger partial charge >= 0.3 is 0 Å². The normalized spacial score (nSPS) is 11.8. The van der Waals surface area contributed by atoms with Crippen LogP contribution < -0.4 is 10.1 Å². The van der Waals surface area contributed by atoms with Crippen molar-refractivity contribution < 1.29 is 4.74 Å². The van der Waals surface area contributed by atoms with Gasteiger partial charge in [-0.2, -0.15) is 5.26 Å². The standard InChI is InChI=1S/C11H14N2O/c1-9(7-12)13-8-10-3-5-11(14-2)6-4-10/h3-6,9,13H,8H2,1-2H3. The highest BCUT2D eigenvalue weighted by Gasteiger charge is 1.98. The number of ether oxygens (including phenoxy) is 1. The molecule has 0 aliphatic heterocycles. The second-order valence-electron chi connectivity index (χ2n) is 3.08. The number of nitriles is 1. The fourth-order valence-electron chi connectivity index (χ4n) is 1.06. The van der Waals surface area contributed by atoms with E-state index in [2.05, 4.69) is 11.4 Å². The number of nitrogens with one attached hydrogen (secondary N) is 1. The molecule has 0 spiro atoms. The van der Waals surface area contributed by atoms with Gasteiger partial charge in [0.2, 0.25) is 0 Å². The Bertz CT molecular complexity index is 313. The molecule has 0 radical (unpaired) electrons. The summed E-state index contributed by atoms with van der Waals surface area (Å²) in [5.41, 5.74) is 1.15. The fraction of sp³-hybridized carbons (Fsp3) is 0.364. The van der Waals surface area contributed by atoms with Crippen LogP contribution in [0.2, 0.25) is 0 Å². The average molecular weight is 190 g/mol. The second kappa shape index (κ2) is 5.25. The third kappa shape index (κ3) is 3.08. The molecule has 0 fully saturated rings. The number of methoxy groups -OCH3 is 1. The first-order chi connectivity index (χ1) is 6.76. The van der Waals surface area contributed by atoms with Crippen LogP contribution in [0.5, 0.6) is 5.75 Å². The summed E-state index contributed by atoms with van der Waals surface area (Å²) in [6, 6.07) is 9.79. The number of rotatable bonds is 4. The molecule has 1 aromatic rings. The summed E-state index contributed by atoms with van der Waals surface area (Å²) in [5.74, 6) is 0.849. The zero-order valence-electron chi connectivity index (χ0n) is 8.45. The van der Waals surface area contributed by atoms with Gasteiger partial charge in [0.15, 0.2) is 0 Å². The highest BCUT2D eigenvalue weighted by Crippen LogP contribution is 2.10. The molecule has 0 heterocycles. The van der Waals surface area contributed by atoms with Crippen molar-refractivity contribution in [3.8, 4) is 11.8 Å². The summed E-state index contributed by atoms with van der Waals surface area (Å²) in [7, 11) is 1.64. The molecule has 74 valence electrons. The molecule has 0 aromatic heterocycles. The number of hydrogen-bond acceptors (Lipinski definition) is 3. The minimum Gasteiger partial charge on any atom is -0.497 e. The van der Waals surface area contributed by atoms with Crippen LogP contribution in [0.4, 0.5) is 0 Å². The van der Waals surface area contributed by atoms with Crippen molar-refractivity contribution in [2.45, 2.75) is 19.5 Å². The predicted octanol–water partition coefficient (Wildman–Crippen LogP) is 1.70. The van der Waals surface area contributed by atoms with Gasteiger partial charge in [-0.25, -0.2) is 0 Å². The Hall–Kier alpha value is -1.53. The van der Waals surface area contributed by atoms with Crippen LogP contribution in [0.15, 0.2) is 24.3 Å². The van der Waals surface area contributed by atoms with Crippen molar-refractivity contribution in [2.75, 3.05) is 7.11 Å². The van der Waals surface area contributed by atoms with Crippen molar-refractivity contribution in [1.29, 1.82) is 5.26 Å². The SMILES string of the molecule is COc1ccc(CNC(C)C#N)cc1. The molecule has 3 heteroatoms. The molecular formula is C11H14N2O. The van der Waals surface area contributed by atoms with E-state index in [9.17, 15) is 0 Å². The molecule has 1 N–H and O–H groups in total. The Balaban J connectivity index is 2.48. The Labute approximate surface area is 84.3 Å². The summed E-state index contributed by atoms with van der Waals surface area (Å²) < 4.78 is 5.04. The molecule has 1 aromatic carbocycles. The molecule has 1 unspecified atom stereocenters. The minimum absolute atomic E-state index is 0.114. The average Bonchev–Trinajstić information content (AvgIpc) is 2.26. The van der Waals surface area contributed by atoms with Crippen molar-refractivity contribution in [2.24, 2.45) is 0 Å². The number of hydrogen-bond donors (Lipinski definition) is 1. The fourth-order valence-corrected chi connectivity index (χ4v) is 1.06. The molecular weight excluding hydrogens is 176 g/mol. The van der Waals surface area contributed by atoms with Crippen LogP contribution in [-0.4, -0.2) is 13.2 Å². The minimum atomic E-state index is -0.114. The highest BCUT2D eigenvalue weighted by atomic mass is 16.5. The topological polar surface area (TPSA) is 45.0 Å². The maximum atomic E-state index is 8.56. The quantitative estimate of drug-likeness (QED) is 0.786. The van der Waals surface area contributed by atoms with Gasteiger partial charge < -0.3 is 4.74 Å². The van der Waals surface area contributed by atoms with E-state index in [4.69, 9.17) is 10.00 Å². The third-order valence-electron chi connectivity index (χ3n) is 1.97. The predicted molar refractivity (Wildman–Crippen MR) is 54.9 cm³/mol. The van der Waals surface area contributed by atoms with E-state index in [0.717, 1.165) is 11.3 Å². The monoisotopic (exact) mass is 190 g/mol. The number of nitrogens with zero attached hydrogens (tertiary/aromatic N) is 1. The lowest BCUT2D eigenvalue weighted by Gasteiger charge is -2.06. The zero-order valence-corrected chi connectivity index (χ0v) is 8.45. The molecule has 0 bridgehead atoms. The Morgan fingerprint density at radius 2 is 2.07 bits per heavy atom. The molecule has 14 heavy (non-hydrogen) atoms. The first-order valence-electron chi connectivity index (χ1n) is 4.52. The van der Waals surface area contributed by atoms with Crippen molar-refractivity contribution in [1.82, 2.24) is 5.32 Å². The van der Waals surface area contributed by atoms with Crippen LogP contribution >= 0.6 is 0 Å². The van der Waals surface area contributed by atoms with E-state index in [0.29, 0.717) is 6.54 Å². The van der Waals surface area contributed by atoms with Gasteiger partial charge in [0.05, 0.1) is 19.2 Å². The van der Waals surface area contributed by atoms with Crippen LogP contribution in [-0.2, 0) is 6.54 Å². The van der Waals surface area contributed by atoms with E-state index in [1.54, 1.807) is 7.11 Å². The first kappa shape index (κ1) is 10.6. The van der Waals surface area contributed by atoms with Crippen LogP contribution in [0, 0.1) is 11.3 Å². The van der Waals surface area contributed by atoms with E-state index >= 15 is 0 Å². The molecule has 1 atom stereocenters. The van der Waals surface area contributed by atoms with Gasteiger partial charge in [0.25, 0.3) is 0 Å². The van der Waals surface area contributed by atoms with Crippen molar-refractivity contribution in [3.05, 3.63) is 29.8 Å². The van der Waals surface area contributed by atoms with Crippen LogP contribution in [0.3, 0.4) is 0 Å². The van der Waals surface area contributed by atoms with Gasteiger partial charge in [-0.1, -0.05) is 12.1 Å². The third-order valence-corrected chi connectivity index (χ3v) is 1.97. The Morgan fingerprint density at radius 3 is 2.57 bits per heavy atom. The molecule has 3 nitrogen and oxygen atoms in total. The van der Waals surface area contributed by atoms with Gasteiger partial charge in [0.1, 0.15) is 5.75 Å². The van der Waals surface area contributed by atoms with Crippen LogP contribution in [0.1, 0.15) is 12.5 Å². The van der Waals surface area contributed by atoms with Crippen molar-refractivity contribution >= 4 is 0 Å². The van der Waals surface area contributed by atoms with Crippen LogP contribution in [0.25, 0.3) is 0 Å². The van der Waals surface area contributed by atoms with Gasteiger partial charge in [-0.15, -0.1) is 0 Å². The summed E-state index contributed by atoms with van der Waals surface area (Å²) in [5, 5.41) is 11.6. The lowest BCUT2D eigenvalue weighted by Crippen LogP contribution is -2.23. The maximum Gasteiger partial charge on any atom is 0.118 e. The molecule has 0 aliphatic carbocycles.